The Morgan fingerprint density at radius 1 is 1.40 bits per heavy atom. The summed E-state index contributed by atoms with van der Waals surface area (Å²) in [6.45, 7) is 5.76. The molecule has 1 atom stereocenters. The summed E-state index contributed by atoms with van der Waals surface area (Å²) in [5, 5.41) is 4.01. The molecule has 1 unspecified atom stereocenters. The second kappa shape index (κ2) is 7.52. The van der Waals surface area contributed by atoms with Crippen LogP contribution < -0.4 is 0 Å². The van der Waals surface area contributed by atoms with Crippen molar-refractivity contribution in [2.45, 2.75) is 27.2 Å². The number of rotatable bonds is 6. The van der Waals surface area contributed by atoms with Crippen LogP contribution in [-0.4, -0.2) is 24.1 Å². The highest BCUT2D eigenvalue weighted by Crippen LogP contribution is 2.43. The first kappa shape index (κ1) is 16.8. The number of halogens is 3. The van der Waals surface area contributed by atoms with Crippen molar-refractivity contribution in [1.29, 1.82) is 0 Å². The van der Waals surface area contributed by atoms with E-state index >= 15 is 0 Å². The Labute approximate surface area is 119 Å². The van der Waals surface area contributed by atoms with E-state index in [9.17, 15) is 13.2 Å². The van der Waals surface area contributed by atoms with E-state index in [1.54, 1.807) is 5.55 Å². The van der Waals surface area contributed by atoms with Crippen LogP contribution in [0.5, 0.6) is 0 Å². The smallest absolute Gasteiger partial charge is 0.301 e. The standard InChI is InChI=1S/C13H19F3N2OS/c1-8(2)11(18-19-4)12-9(3)17-7-20(12)6-5-10(14)13(15)16/h7-8,20H,5-6H2,1-4H3. The van der Waals surface area contributed by atoms with Crippen molar-refractivity contribution < 1.29 is 18.0 Å². The minimum Gasteiger partial charge on any atom is -0.399 e. The monoisotopic (exact) mass is 308 g/mol. The normalized spacial score (nSPS) is 20.8. The Balaban J connectivity index is 2.91. The van der Waals surface area contributed by atoms with Gasteiger partial charge in [-0.2, -0.15) is 19.7 Å². The van der Waals surface area contributed by atoms with Crippen LogP contribution in [0.15, 0.2) is 32.7 Å². The zero-order valence-electron chi connectivity index (χ0n) is 12.0. The highest BCUT2D eigenvalue weighted by atomic mass is 32.2. The molecule has 20 heavy (non-hydrogen) atoms. The van der Waals surface area contributed by atoms with Crippen molar-refractivity contribution in [3.63, 3.8) is 0 Å². The molecule has 1 heterocycles. The lowest BCUT2D eigenvalue weighted by molar-refractivity contribution is 0.212. The van der Waals surface area contributed by atoms with Crippen molar-refractivity contribution in [1.82, 2.24) is 0 Å². The van der Waals surface area contributed by atoms with Gasteiger partial charge in [0, 0.05) is 22.8 Å². The van der Waals surface area contributed by atoms with Crippen LogP contribution in [0.3, 0.4) is 0 Å². The predicted octanol–water partition coefficient (Wildman–Crippen LogP) is 4.39. The lowest BCUT2D eigenvalue weighted by Crippen LogP contribution is -2.13. The van der Waals surface area contributed by atoms with Crippen molar-refractivity contribution in [2.75, 3.05) is 12.9 Å². The fraction of sp³-hybridized carbons (Fsp3) is 0.538. The van der Waals surface area contributed by atoms with Crippen LogP contribution in [0.1, 0.15) is 27.2 Å². The highest BCUT2D eigenvalue weighted by molar-refractivity contribution is 8.32. The number of thiol groups is 1. The molecule has 0 N–H and O–H groups in total. The Morgan fingerprint density at radius 3 is 2.55 bits per heavy atom. The third-order valence-electron chi connectivity index (χ3n) is 2.78. The highest BCUT2D eigenvalue weighted by Gasteiger charge is 2.25. The molecule has 7 heteroatoms. The quantitative estimate of drug-likeness (QED) is 0.441. The molecule has 0 amide bonds. The van der Waals surface area contributed by atoms with Gasteiger partial charge >= 0.3 is 6.08 Å². The molecule has 0 saturated heterocycles. The molecule has 0 aliphatic carbocycles. The number of oxime groups is 1. The molecule has 0 aromatic rings. The van der Waals surface area contributed by atoms with E-state index in [1.807, 2.05) is 20.8 Å². The maximum absolute atomic E-state index is 12.9. The van der Waals surface area contributed by atoms with Crippen LogP contribution in [0.25, 0.3) is 0 Å². The average Bonchev–Trinajstić information content (AvgIpc) is 2.73. The molecule has 0 fully saturated rings. The predicted molar refractivity (Wildman–Crippen MR) is 79.3 cm³/mol. The van der Waals surface area contributed by atoms with E-state index in [1.165, 1.54) is 7.11 Å². The second-order valence-electron chi connectivity index (χ2n) is 4.60. The van der Waals surface area contributed by atoms with Crippen LogP contribution >= 0.6 is 10.9 Å². The molecular weight excluding hydrogens is 289 g/mol. The Bertz CT molecular complexity index is 480. The van der Waals surface area contributed by atoms with Gasteiger partial charge in [-0.1, -0.05) is 19.0 Å². The van der Waals surface area contributed by atoms with Crippen LogP contribution in [0.4, 0.5) is 13.2 Å². The maximum Gasteiger partial charge on any atom is 0.301 e. The fourth-order valence-electron chi connectivity index (χ4n) is 1.82. The average molecular weight is 308 g/mol. The lowest BCUT2D eigenvalue weighted by Gasteiger charge is -2.20. The molecular formula is C13H19F3N2OS. The molecule has 0 spiro atoms. The number of nitrogens with zero attached hydrogens (tertiary/aromatic N) is 2. The summed E-state index contributed by atoms with van der Waals surface area (Å²) in [7, 11) is 0.537. The first-order valence-corrected chi connectivity index (χ1v) is 7.80. The minimum absolute atomic E-state index is 0.116. The summed E-state index contributed by atoms with van der Waals surface area (Å²) in [4.78, 5) is 9.98. The van der Waals surface area contributed by atoms with E-state index in [2.05, 4.69) is 10.1 Å². The van der Waals surface area contributed by atoms with Gasteiger partial charge in [-0.25, -0.2) is 4.39 Å². The van der Waals surface area contributed by atoms with Gasteiger partial charge in [0.1, 0.15) is 7.11 Å². The van der Waals surface area contributed by atoms with Gasteiger partial charge in [-0.15, -0.1) is 0 Å². The number of hydrogen-bond acceptors (Lipinski definition) is 3. The molecule has 1 aliphatic heterocycles. The molecule has 1 rings (SSSR count). The summed E-state index contributed by atoms with van der Waals surface area (Å²) < 4.78 is 37.1. The summed E-state index contributed by atoms with van der Waals surface area (Å²) >= 11 is 0. The minimum atomic E-state index is -2.24. The third kappa shape index (κ3) is 4.13. The van der Waals surface area contributed by atoms with Gasteiger partial charge in [0.15, 0.2) is 5.83 Å². The first-order chi connectivity index (χ1) is 9.38. The molecule has 0 aromatic carbocycles. The van der Waals surface area contributed by atoms with E-state index in [4.69, 9.17) is 4.84 Å². The van der Waals surface area contributed by atoms with E-state index in [-0.39, 0.29) is 12.3 Å². The van der Waals surface area contributed by atoms with Gasteiger partial charge < -0.3 is 4.84 Å². The van der Waals surface area contributed by atoms with E-state index < -0.39 is 22.8 Å². The van der Waals surface area contributed by atoms with Crippen molar-refractivity contribution in [2.24, 2.45) is 16.1 Å². The zero-order chi connectivity index (χ0) is 15.3. The van der Waals surface area contributed by atoms with Crippen molar-refractivity contribution in [3.05, 3.63) is 22.5 Å². The van der Waals surface area contributed by atoms with Gasteiger partial charge in [-0.3, -0.25) is 4.99 Å². The Morgan fingerprint density at radius 2 is 2.05 bits per heavy atom. The van der Waals surface area contributed by atoms with Crippen molar-refractivity contribution >= 4 is 22.2 Å². The summed E-state index contributed by atoms with van der Waals surface area (Å²) in [6.07, 6.45) is -2.53. The second-order valence-corrected chi connectivity index (χ2v) is 6.67. The van der Waals surface area contributed by atoms with Gasteiger partial charge in [0.05, 0.1) is 11.4 Å². The number of hydrogen-bond donors (Lipinski definition) is 1. The summed E-state index contributed by atoms with van der Waals surface area (Å²) in [5.74, 6) is -0.936. The molecule has 0 bridgehead atoms. The molecule has 114 valence electrons. The van der Waals surface area contributed by atoms with Crippen LogP contribution in [0, 0.1) is 5.92 Å². The SMILES string of the molecule is CON=C(C1=C(C)N=C[SH]1CCC(F)=C(F)F)C(C)C. The van der Waals surface area contributed by atoms with Crippen LogP contribution in [0.2, 0.25) is 0 Å². The molecule has 3 nitrogen and oxygen atoms in total. The number of aliphatic imine (C=N–C) groups is 1. The van der Waals surface area contributed by atoms with Gasteiger partial charge in [0.25, 0.3) is 0 Å². The van der Waals surface area contributed by atoms with Gasteiger partial charge in [0.2, 0.25) is 0 Å². The Hall–Kier alpha value is -1.24. The fourth-order valence-corrected chi connectivity index (χ4v) is 4.09. The summed E-state index contributed by atoms with van der Waals surface area (Å²) in [5.41, 5.74) is 3.26. The topological polar surface area (TPSA) is 34.0 Å². The molecule has 0 radical (unpaired) electrons. The lowest BCUT2D eigenvalue weighted by atomic mass is 10.1. The first-order valence-electron chi connectivity index (χ1n) is 6.21. The molecule has 0 aromatic heterocycles. The Kier molecular flexibility index (Phi) is 6.32. The zero-order valence-corrected chi connectivity index (χ0v) is 12.8. The van der Waals surface area contributed by atoms with E-state index in [0.29, 0.717) is 5.75 Å². The molecule has 1 aliphatic rings. The number of allylic oxidation sites excluding steroid dienone is 3. The van der Waals surface area contributed by atoms with Crippen LogP contribution in [-0.2, 0) is 4.84 Å². The maximum atomic E-state index is 12.9. The van der Waals surface area contributed by atoms with E-state index in [0.717, 1.165) is 16.3 Å². The largest absolute Gasteiger partial charge is 0.399 e. The molecule has 0 saturated carbocycles. The van der Waals surface area contributed by atoms with Gasteiger partial charge in [-0.05, 0) is 12.7 Å². The van der Waals surface area contributed by atoms with Crippen molar-refractivity contribution in [3.8, 4) is 0 Å². The summed E-state index contributed by atoms with van der Waals surface area (Å²) in [6, 6.07) is 0. The third-order valence-corrected chi connectivity index (χ3v) is 5.00.